The second-order valence-electron chi connectivity index (χ2n) is 5.24. The van der Waals surface area contributed by atoms with Crippen LogP contribution in [0.4, 0.5) is 11.8 Å². The molecule has 2 aromatic rings. The number of aliphatic hydroxyl groups excluding tert-OH is 2. The number of nitrogens with zero attached hydrogens (tertiary/aromatic N) is 5. The average Bonchev–Trinajstić information content (AvgIpc) is 3.01. The Morgan fingerprint density at radius 3 is 2.86 bits per heavy atom. The van der Waals surface area contributed by atoms with Gasteiger partial charge in [0.25, 0.3) is 0 Å². The number of nitrogen functional groups attached to an aromatic ring is 1. The zero-order chi connectivity index (χ0) is 15.1. The predicted molar refractivity (Wildman–Crippen MR) is 75.7 cm³/mol. The number of nitrogens with two attached hydrogens (primary N) is 1. The summed E-state index contributed by atoms with van der Waals surface area (Å²) in [6.45, 7) is -0.232. The normalized spacial score (nSPS) is 25.6. The van der Waals surface area contributed by atoms with Crippen molar-refractivity contribution in [3.63, 3.8) is 0 Å². The molecular formula is C12H18N6O3. The molecule has 21 heavy (non-hydrogen) atoms. The third-order valence-corrected chi connectivity index (χ3v) is 3.53. The van der Waals surface area contributed by atoms with E-state index in [9.17, 15) is 5.11 Å². The molecule has 1 aliphatic rings. The van der Waals surface area contributed by atoms with Crippen LogP contribution in [0.15, 0.2) is 6.33 Å². The summed E-state index contributed by atoms with van der Waals surface area (Å²) < 4.78 is 7.33. The Bertz CT molecular complexity index is 658. The van der Waals surface area contributed by atoms with Gasteiger partial charge in [-0.3, -0.25) is 4.57 Å². The molecular weight excluding hydrogens is 276 g/mol. The minimum Gasteiger partial charge on any atom is -0.394 e. The van der Waals surface area contributed by atoms with Gasteiger partial charge in [0, 0.05) is 20.5 Å². The van der Waals surface area contributed by atoms with E-state index in [4.69, 9.17) is 15.6 Å². The summed E-state index contributed by atoms with van der Waals surface area (Å²) in [7, 11) is 3.64. The van der Waals surface area contributed by atoms with Gasteiger partial charge in [0.2, 0.25) is 5.95 Å². The first-order chi connectivity index (χ1) is 10.0. The zero-order valence-corrected chi connectivity index (χ0v) is 11.8. The van der Waals surface area contributed by atoms with Crippen molar-refractivity contribution in [2.75, 3.05) is 31.3 Å². The molecule has 1 fully saturated rings. The van der Waals surface area contributed by atoms with Crippen molar-refractivity contribution in [3.8, 4) is 0 Å². The second kappa shape index (κ2) is 5.10. The van der Waals surface area contributed by atoms with Gasteiger partial charge in [0.05, 0.1) is 19.0 Å². The summed E-state index contributed by atoms with van der Waals surface area (Å²) in [5.74, 6) is 0.763. The maximum Gasteiger partial charge on any atom is 0.228 e. The van der Waals surface area contributed by atoms with Crippen molar-refractivity contribution in [2.24, 2.45) is 0 Å². The molecule has 0 amide bonds. The first-order valence-corrected chi connectivity index (χ1v) is 6.63. The molecule has 9 heteroatoms. The molecule has 1 aliphatic heterocycles. The minimum atomic E-state index is -0.718. The lowest BCUT2D eigenvalue weighted by atomic mass is 10.2. The van der Waals surface area contributed by atoms with E-state index in [-0.39, 0.29) is 6.61 Å². The van der Waals surface area contributed by atoms with Gasteiger partial charge in [-0.2, -0.15) is 9.97 Å². The quantitative estimate of drug-likeness (QED) is 0.666. The molecule has 3 heterocycles. The third-order valence-electron chi connectivity index (χ3n) is 3.53. The fourth-order valence-corrected chi connectivity index (χ4v) is 2.39. The molecule has 0 radical (unpaired) electrons. The van der Waals surface area contributed by atoms with Crippen LogP contribution < -0.4 is 10.6 Å². The van der Waals surface area contributed by atoms with Crippen molar-refractivity contribution in [1.29, 1.82) is 0 Å². The third kappa shape index (κ3) is 2.28. The Morgan fingerprint density at radius 2 is 2.24 bits per heavy atom. The Balaban J connectivity index is 2.04. The number of fused-ring (bicyclic) bond motifs is 1. The van der Waals surface area contributed by atoms with Crippen molar-refractivity contribution >= 4 is 22.9 Å². The number of rotatable bonds is 3. The Kier molecular flexibility index (Phi) is 3.40. The van der Waals surface area contributed by atoms with E-state index < -0.39 is 18.4 Å². The number of ether oxygens (including phenoxy) is 1. The van der Waals surface area contributed by atoms with Crippen molar-refractivity contribution in [3.05, 3.63) is 6.33 Å². The highest BCUT2D eigenvalue weighted by Gasteiger charge is 2.35. The van der Waals surface area contributed by atoms with Crippen LogP contribution in [0.25, 0.3) is 11.2 Å². The predicted octanol–water partition coefficient (Wildman–Crippen LogP) is -0.885. The number of hydrogen-bond acceptors (Lipinski definition) is 8. The first-order valence-electron chi connectivity index (χ1n) is 6.63. The van der Waals surface area contributed by atoms with E-state index in [1.807, 2.05) is 14.1 Å². The Hall–Kier alpha value is -1.97. The molecule has 2 aromatic heterocycles. The molecule has 4 N–H and O–H groups in total. The molecule has 0 aliphatic carbocycles. The van der Waals surface area contributed by atoms with Crippen LogP contribution in [0.3, 0.4) is 0 Å². The summed E-state index contributed by atoms with van der Waals surface area (Å²) in [6.07, 6.45) is 0.167. The van der Waals surface area contributed by atoms with Crippen LogP contribution in [0.2, 0.25) is 0 Å². The highest BCUT2D eigenvalue weighted by Crippen LogP contribution is 2.31. The number of aliphatic hydroxyl groups is 2. The van der Waals surface area contributed by atoms with Crippen LogP contribution in [0.5, 0.6) is 0 Å². The Morgan fingerprint density at radius 1 is 1.48 bits per heavy atom. The number of anilines is 2. The van der Waals surface area contributed by atoms with Crippen molar-refractivity contribution < 1.29 is 14.9 Å². The topological polar surface area (TPSA) is 123 Å². The molecule has 9 nitrogen and oxygen atoms in total. The van der Waals surface area contributed by atoms with Gasteiger partial charge >= 0.3 is 0 Å². The summed E-state index contributed by atoms with van der Waals surface area (Å²) in [5, 5.41) is 19.0. The lowest BCUT2D eigenvalue weighted by Crippen LogP contribution is -2.24. The number of imidazole rings is 1. The SMILES string of the molecule is CN(C)c1nc(N)c2ncn([C@@H]3C[C@@H](O)[C@H](CO)O3)c2n1. The fraction of sp³-hybridized carbons (Fsp3) is 0.583. The summed E-state index contributed by atoms with van der Waals surface area (Å²) in [4.78, 5) is 14.6. The standard InChI is InChI=1S/C12H18N6O3/c1-17(2)12-15-10(13)9-11(16-12)18(5-14-9)8-3-6(20)7(4-19)21-8/h5-8,19-20H,3-4H2,1-2H3,(H2,13,15,16)/t6-,7+,8+/m1/s1. The molecule has 3 atom stereocenters. The molecule has 3 rings (SSSR count). The van der Waals surface area contributed by atoms with E-state index >= 15 is 0 Å². The van der Waals surface area contributed by atoms with Crippen molar-refractivity contribution in [1.82, 2.24) is 19.5 Å². The van der Waals surface area contributed by atoms with Gasteiger partial charge in [-0.1, -0.05) is 0 Å². The molecule has 114 valence electrons. The Labute approximate surface area is 121 Å². The van der Waals surface area contributed by atoms with Crippen LogP contribution >= 0.6 is 0 Å². The molecule has 0 spiro atoms. The van der Waals surface area contributed by atoms with E-state index in [0.29, 0.717) is 29.4 Å². The maximum atomic E-state index is 9.84. The average molecular weight is 294 g/mol. The van der Waals surface area contributed by atoms with E-state index in [2.05, 4.69) is 15.0 Å². The number of aromatic nitrogens is 4. The highest BCUT2D eigenvalue weighted by molar-refractivity contribution is 5.83. The zero-order valence-electron chi connectivity index (χ0n) is 11.8. The lowest BCUT2D eigenvalue weighted by Gasteiger charge is -2.15. The summed E-state index contributed by atoms with van der Waals surface area (Å²) in [6, 6.07) is 0. The molecule has 0 saturated carbocycles. The number of hydrogen-bond donors (Lipinski definition) is 3. The van der Waals surface area contributed by atoms with Crippen molar-refractivity contribution in [2.45, 2.75) is 24.9 Å². The second-order valence-corrected chi connectivity index (χ2v) is 5.24. The molecule has 0 bridgehead atoms. The van der Waals surface area contributed by atoms with Crippen LogP contribution in [-0.2, 0) is 4.74 Å². The molecule has 1 saturated heterocycles. The van der Waals surface area contributed by atoms with Gasteiger partial charge in [-0.25, -0.2) is 4.98 Å². The first kappa shape index (κ1) is 14.0. The maximum absolute atomic E-state index is 9.84. The van der Waals surface area contributed by atoms with Gasteiger partial charge in [-0.05, 0) is 0 Å². The summed E-state index contributed by atoms with van der Waals surface area (Å²) in [5.41, 5.74) is 6.94. The van der Waals surface area contributed by atoms with Gasteiger partial charge in [-0.15, -0.1) is 0 Å². The van der Waals surface area contributed by atoms with Crippen LogP contribution in [-0.4, -0.2) is 62.6 Å². The minimum absolute atomic E-state index is 0.232. The monoisotopic (exact) mass is 294 g/mol. The van der Waals surface area contributed by atoms with Gasteiger partial charge in [0.1, 0.15) is 17.8 Å². The van der Waals surface area contributed by atoms with Gasteiger partial charge in [0.15, 0.2) is 11.5 Å². The smallest absolute Gasteiger partial charge is 0.228 e. The van der Waals surface area contributed by atoms with E-state index in [1.165, 1.54) is 0 Å². The van der Waals surface area contributed by atoms with E-state index in [1.54, 1.807) is 15.8 Å². The lowest BCUT2D eigenvalue weighted by molar-refractivity contribution is -0.0432. The summed E-state index contributed by atoms with van der Waals surface area (Å²) >= 11 is 0. The largest absolute Gasteiger partial charge is 0.394 e. The fourth-order valence-electron chi connectivity index (χ4n) is 2.39. The van der Waals surface area contributed by atoms with Crippen LogP contribution in [0, 0.1) is 0 Å². The van der Waals surface area contributed by atoms with Gasteiger partial charge < -0.3 is 25.6 Å². The molecule has 0 unspecified atom stereocenters. The highest BCUT2D eigenvalue weighted by atomic mass is 16.5. The van der Waals surface area contributed by atoms with E-state index in [0.717, 1.165) is 0 Å². The van der Waals surface area contributed by atoms with Crippen LogP contribution in [0.1, 0.15) is 12.6 Å². The molecule has 0 aromatic carbocycles.